The van der Waals surface area contributed by atoms with Crippen LogP contribution in [0.3, 0.4) is 0 Å². The van der Waals surface area contributed by atoms with Crippen molar-refractivity contribution in [2.45, 2.75) is 63.5 Å². The number of likely N-dealkylation sites (tertiary alicyclic amines) is 1. The van der Waals surface area contributed by atoms with Gasteiger partial charge in [0.1, 0.15) is 5.54 Å². The lowest BCUT2D eigenvalue weighted by Crippen LogP contribution is -2.61. The molecule has 2 atom stereocenters. The van der Waals surface area contributed by atoms with Crippen LogP contribution in [0.4, 0.5) is 0 Å². The molecule has 2 unspecified atom stereocenters. The molecule has 2 aliphatic rings. The van der Waals surface area contributed by atoms with Gasteiger partial charge in [0.2, 0.25) is 5.91 Å². The Morgan fingerprint density at radius 2 is 1.95 bits per heavy atom. The Labute approximate surface area is 114 Å². The van der Waals surface area contributed by atoms with Crippen LogP contribution in [0.1, 0.15) is 52.4 Å². The highest BCUT2D eigenvalue weighted by molar-refractivity contribution is 5.93. The smallest absolute Gasteiger partial charge is 0.329 e. The fourth-order valence-corrected chi connectivity index (χ4v) is 3.62. The molecule has 2 fully saturated rings. The average Bonchev–Trinajstić information content (AvgIpc) is 3.05. The van der Waals surface area contributed by atoms with E-state index in [1.165, 1.54) is 0 Å². The van der Waals surface area contributed by atoms with Crippen molar-refractivity contribution in [3.63, 3.8) is 0 Å². The number of nitrogens with one attached hydrogen (secondary N) is 1. The summed E-state index contributed by atoms with van der Waals surface area (Å²) in [6.07, 6.45) is 4.36. The van der Waals surface area contributed by atoms with Crippen LogP contribution >= 0.6 is 0 Å². The molecule has 2 rings (SSSR count). The summed E-state index contributed by atoms with van der Waals surface area (Å²) in [5, 5.41) is 12.9. The minimum absolute atomic E-state index is 0.00532. The van der Waals surface area contributed by atoms with E-state index in [0.29, 0.717) is 19.4 Å². The Morgan fingerprint density at radius 1 is 1.21 bits per heavy atom. The summed E-state index contributed by atoms with van der Waals surface area (Å²) in [6.45, 7) is 5.28. The number of carbonyl (C=O) groups excluding carboxylic acids is 1. The Hall–Kier alpha value is -1.10. The first-order chi connectivity index (χ1) is 9.02. The van der Waals surface area contributed by atoms with E-state index in [0.717, 1.165) is 32.2 Å². The normalized spacial score (nSPS) is 34.7. The van der Waals surface area contributed by atoms with Gasteiger partial charge in [-0.3, -0.25) is 4.79 Å². The predicted octanol–water partition coefficient (Wildman–Crippen LogP) is 1.37. The molecule has 2 saturated heterocycles. The first-order valence-electron chi connectivity index (χ1n) is 7.33. The van der Waals surface area contributed by atoms with Gasteiger partial charge in [-0.25, -0.2) is 4.79 Å². The fraction of sp³-hybridized carbons (Fsp3) is 0.857. The zero-order valence-corrected chi connectivity index (χ0v) is 11.9. The van der Waals surface area contributed by atoms with Crippen molar-refractivity contribution >= 4 is 11.9 Å². The largest absolute Gasteiger partial charge is 0.479 e. The predicted molar refractivity (Wildman–Crippen MR) is 71.9 cm³/mol. The molecule has 5 heteroatoms. The molecule has 2 aliphatic heterocycles. The molecule has 1 amide bonds. The Morgan fingerprint density at radius 3 is 2.42 bits per heavy atom. The molecule has 0 aliphatic carbocycles. The van der Waals surface area contributed by atoms with Gasteiger partial charge >= 0.3 is 5.97 Å². The van der Waals surface area contributed by atoms with Crippen molar-refractivity contribution in [3.8, 4) is 0 Å². The third-order valence-electron chi connectivity index (χ3n) is 4.97. The minimum Gasteiger partial charge on any atom is -0.479 e. The summed E-state index contributed by atoms with van der Waals surface area (Å²) in [4.78, 5) is 26.2. The topological polar surface area (TPSA) is 69.6 Å². The maximum absolute atomic E-state index is 12.9. The quantitative estimate of drug-likeness (QED) is 0.808. The molecule has 2 N–H and O–H groups in total. The van der Waals surface area contributed by atoms with E-state index in [1.54, 1.807) is 4.90 Å². The van der Waals surface area contributed by atoms with E-state index in [1.807, 2.05) is 13.8 Å². The van der Waals surface area contributed by atoms with Crippen molar-refractivity contribution in [3.05, 3.63) is 0 Å². The second kappa shape index (κ2) is 5.12. The summed E-state index contributed by atoms with van der Waals surface area (Å²) in [6, 6.07) is 0. The summed E-state index contributed by atoms with van der Waals surface area (Å²) in [5.74, 6) is -0.862. The van der Waals surface area contributed by atoms with E-state index in [2.05, 4.69) is 5.32 Å². The summed E-state index contributed by atoms with van der Waals surface area (Å²) < 4.78 is 0. The highest BCUT2D eigenvalue weighted by Crippen LogP contribution is 2.37. The molecular formula is C14H24N2O3. The van der Waals surface area contributed by atoms with E-state index >= 15 is 0 Å². The SMILES string of the molecule is CCC1(C(=O)N2CCCC2(CC)C(=O)O)CCCN1. The average molecular weight is 268 g/mol. The van der Waals surface area contributed by atoms with Gasteiger partial charge in [0.25, 0.3) is 0 Å². The van der Waals surface area contributed by atoms with Crippen LogP contribution in [-0.2, 0) is 9.59 Å². The number of carbonyl (C=O) groups is 2. The van der Waals surface area contributed by atoms with E-state index in [9.17, 15) is 14.7 Å². The van der Waals surface area contributed by atoms with E-state index in [-0.39, 0.29) is 5.91 Å². The van der Waals surface area contributed by atoms with Gasteiger partial charge in [-0.05, 0) is 45.1 Å². The summed E-state index contributed by atoms with van der Waals surface area (Å²) in [5.41, 5.74) is -1.51. The number of rotatable bonds is 4. The maximum atomic E-state index is 12.9. The van der Waals surface area contributed by atoms with Gasteiger partial charge in [-0.15, -0.1) is 0 Å². The highest BCUT2D eigenvalue weighted by Gasteiger charge is 2.53. The molecule has 2 heterocycles. The minimum atomic E-state index is -0.983. The fourth-order valence-electron chi connectivity index (χ4n) is 3.62. The molecular weight excluding hydrogens is 244 g/mol. The highest BCUT2D eigenvalue weighted by atomic mass is 16.4. The van der Waals surface area contributed by atoms with Crippen LogP contribution in [0.2, 0.25) is 0 Å². The molecule has 0 bridgehead atoms. The first kappa shape index (κ1) is 14.3. The van der Waals surface area contributed by atoms with Crippen LogP contribution in [0.5, 0.6) is 0 Å². The van der Waals surface area contributed by atoms with Gasteiger partial charge in [-0.1, -0.05) is 13.8 Å². The zero-order valence-electron chi connectivity index (χ0n) is 11.9. The lowest BCUT2D eigenvalue weighted by atomic mass is 9.88. The van der Waals surface area contributed by atoms with Gasteiger partial charge in [0.15, 0.2) is 0 Å². The number of hydrogen-bond acceptors (Lipinski definition) is 3. The van der Waals surface area contributed by atoms with Crippen molar-refractivity contribution in [2.24, 2.45) is 0 Å². The van der Waals surface area contributed by atoms with Crippen molar-refractivity contribution in [2.75, 3.05) is 13.1 Å². The number of carboxylic acids is 1. The van der Waals surface area contributed by atoms with E-state index in [4.69, 9.17) is 0 Å². The van der Waals surface area contributed by atoms with Gasteiger partial charge in [-0.2, -0.15) is 0 Å². The first-order valence-corrected chi connectivity index (χ1v) is 7.33. The van der Waals surface area contributed by atoms with Gasteiger partial charge in [0.05, 0.1) is 5.54 Å². The van der Waals surface area contributed by atoms with Crippen LogP contribution in [0, 0.1) is 0 Å². The molecule has 0 aromatic rings. The van der Waals surface area contributed by atoms with Crippen LogP contribution in [-0.4, -0.2) is 46.1 Å². The number of nitrogens with zero attached hydrogens (tertiary/aromatic N) is 1. The van der Waals surface area contributed by atoms with Crippen LogP contribution in [0.15, 0.2) is 0 Å². The molecule has 108 valence electrons. The third-order valence-corrected chi connectivity index (χ3v) is 4.97. The van der Waals surface area contributed by atoms with Gasteiger partial charge in [0, 0.05) is 6.54 Å². The molecule has 19 heavy (non-hydrogen) atoms. The molecule has 0 radical (unpaired) electrons. The van der Waals surface area contributed by atoms with E-state index < -0.39 is 17.0 Å². The van der Waals surface area contributed by atoms with Crippen LogP contribution in [0.25, 0.3) is 0 Å². The van der Waals surface area contributed by atoms with Gasteiger partial charge < -0.3 is 15.3 Å². The number of amides is 1. The van der Waals surface area contributed by atoms with Crippen molar-refractivity contribution < 1.29 is 14.7 Å². The molecule has 0 aromatic heterocycles. The van der Waals surface area contributed by atoms with Crippen molar-refractivity contribution in [1.29, 1.82) is 0 Å². The third kappa shape index (κ3) is 2.04. The molecule has 0 aromatic carbocycles. The Balaban J connectivity index is 2.29. The number of hydrogen-bond donors (Lipinski definition) is 2. The van der Waals surface area contributed by atoms with Crippen molar-refractivity contribution in [1.82, 2.24) is 10.2 Å². The monoisotopic (exact) mass is 268 g/mol. The maximum Gasteiger partial charge on any atom is 0.329 e. The lowest BCUT2D eigenvalue weighted by molar-refractivity contribution is -0.159. The molecule has 0 spiro atoms. The van der Waals surface area contributed by atoms with Crippen LogP contribution < -0.4 is 5.32 Å². The summed E-state index contributed by atoms with van der Waals surface area (Å²) in [7, 11) is 0. The Bertz CT molecular complexity index is 377. The Kier molecular flexibility index (Phi) is 3.85. The molecule has 0 saturated carbocycles. The second-order valence-corrected chi connectivity index (χ2v) is 5.72. The lowest BCUT2D eigenvalue weighted by Gasteiger charge is -2.40. The number of aliphatic carboxylic acids is 1. The zero-order chi connectivity index (χ0) is 14.1. The molecule has 5 nitrogen and oxygen atoms in total. The summed E-state index contributed by atoms with van der Waals surface area (Å²) >= 11 is 0. The second-order valence-electron chi connectivity index (χ2n) is 5.72. The number of carboxylic acid groups (broad SMARTS) is 1. The standard InChI is InChI=1S/C14H24N2O3/c1-3-13(7-5-9-15-13)11(17)16-10-6-8-14(16,4-2)12(18)19/h15H,3-10H2,1-2H3,(H,18,19).